The van der Waals surface area contributed by atoms with Gasteiger partial charge in [0.05, 0.1) is 18.7 Å². The van der Waals surface area contributed by atoms with E-state index in [1.165, 1.54) is 7.11 Å². The highest BCUT2D eigenvalue weighted by molar-refractivity contribution is 9.10. The lowest BCUT2D eigenvalue weighted by atomic mass is 10.1. The monoisotopic (exact) mass is 287 g/mol. The molecule has 1 N–H and O–H groups in total. The maximum absolute atomic E-state index is 11.5. The third kappa shape index (κ3) is 2.74. The molecule has 0 radical (unpaired) electrons. The van der Waals surface area contributed by atoms with E-state index in [1.54, 1.807) is 20.2 Å². The lowest BCUT2D eigenvalue weighted by Gasteiger charge is -2.15. The molecule has 0 spiro atoms. The Morgan fingerprint density at radius 2 is 2.12 bits per heavy atom. The van der Waals surface area contributed by atoms with Crippen molar-refractivity contribution in [2.45, 2.75) is 6.04 Å². The standard InChI is InChI=1S/C11H14BrNO3/c1-13-10(11(14)16-3)7-4-5-9(15-2)8(12)6-7/h4-6,10,13H,1-3H3. The van der Waals surface area contributed by atoms with E-state index in [0.29, 0.717) is 0 Å². The number of halogens is 1. The molecule has 1 aromatic carbocycles. The molecule has 1 rings (SSSR count). The van der Waals surface area contributed by atoms with Crippen LogP contribution in [0, 0.1) is 0 Å². The van der Waals surface area contributed by atoms with Gasteiger partial charge in [0.25, 0.3) is 0 Å². The predicted octanol–water partition coefficient (Wildman–Crippen LogP) is 1.89. The number of carbonyl (C=O) groups is 1. The van der Waals surface area contributed by atoms with Crippen LogP contribution in [0.15, 0.2) is 22.7 Å². The summed E-state index contributed by atoms with van der Waals surface area (Å²) in [5.74, 6) is 0.406. The van der Waals surface area contributed by atoms with Gasteiger partial charge in [0.1, 0.15) is 11.8 Å². The molecule has 88 valence electrons. The topological polar surface area (TPSA) is 47.6 Å². The maximum Gasteiger partial charge on any atom is 0.327 e. The molecule has 0 bridgehead atoms. The fourth-order valence-electron chi connectivity index (χ4n) is 1.40. The zero-order chi connectivity index (χ0) is 12.1. The molecule has 0 saturated carbocycles. The lowest BCUT2D eigenvalue weighted by molar-refractivity contribution is -0.143. The van der Waals surface area contributed by atoms with Gasteiger partial charge < -0.3 is 14.8 Å². The van der Waals surface area contributed by atoms with Gasteiger partial charge in [-0.05, 0) is 40.7 Å². The first-order valence-electron chi connectivity index (χ1n) is 4.72. The number of ether oxygens (including phenoxy) is 2. The average molecular weight is 288 g/mol. The second-order valence-electron chi connectivity index (χ2n) is 3.14. The van der Waals surface area contributed by atoms with Crippen LogP contribution in [0.25, 0.3) is 0 Å². The van der Waals surface area contributed by atoms with Crippen LogP contribution < -0.4 is 10.1 Å². The first-order chi connectivity index (χ1) is 7.63. The Kier molecular flexibility index (Phi) is 4.76. The second kappa shape index (κ2) is 5.86. The van der Waals surface area contributed by atoms with Gasteiger partial charge in [-0.1, -0.05) is 6.07 Å². The summed E-state index contributed by atoms with van der Waals surface area (Å²) in [5, 5.41) is 2.90. The van der Waals surface area contributed by atoms with Crippen LogP contribution in [0.1, 0.15) is 11.6 Å². The van der Waals surface area contributed by atoms with Crippen LogP contribution in [0.2, 0.25) is 0 Å². The van der Waals surface area contributed by atoms with Crippen molar-refractivity contribution < 1.29 is 14.3 Å². The first kappa shape index (κ1) is 13.0. The minimum Gasteiger partial charge on any atom is -0.496 e. The Morgan fingerprint density at radius 1 is 1.44 bits per heavy atom. The number of esters is 1. The van der Waals surface area contributed by atoms with Crippen LogP contribution in [0.5, 0.6) is 5.75 Å². The number of rotatable bonds is 4. The summed E-state index contributed by atoms with van der Waals surface area (Å²) < 4.78 is 10.6. The quantitative estimate of drug-likeness (QED) is 0.860. The molecular weight excluding hydrogens is 274 g/mol. The van der Waals surface area contributed by atoms with E-state index in [9.17, 15) is 4.79 Å². The SMILES string of the molecule is CNC(C(=O)OC)c1ccc(OC)c(Br)c1. The third-order valence-electron chi connectivity index (χ3n) is 2.23. The summed E-state index contributed by atoms with van der Waals surface area (Å²) in [6.07, 6.45) is 0. The number of hydrogen-bond donors (Lipinski definition) is 1. The molecular formula is C11H14BrNO3. The number of hydrogen-bond acceptors (Lipinski definition) is 4. The van der Waals surface area contributed by atoms with E-state index in [4.69, 9.17) is 9.47 Å². The average Bonchev–Trinajstić information content (AvgIpc) is 2.30. The van der Waals surface area contributed by atoms with Crippen molar-refractivity contribution in [3.8, 4) is 5.75 Å². The highest BCUT2D eigenvalue weighted by atomic mass is 79.9. The van der Waals surface area contributed by atoms with E-state index >= 15 is 0 Å². The Labute approximate surface area is 103 Å². The number of nitrogens with one attached hydrogen (secondary N) is 1. The van der Waals surface area contributed by atoms with Gasteiger partial charge in [0.2, 0.25) is 0 Å². The van der Waals surface area contributed by atoms with Gasteiger partial charge in [0.15, 0.2) is 0 Å². The predicted molar refractivity (Wildman–Crippen MR) is 64.5 cm³/mol. The molecule has 0 aromatic heterocycles. The van der Waals surface area contributed by atoms with Crippen LogP contribution in [0.3, 0.4) is 0 Å². The zero-order valence-corrected chi connectivity index (χ0v) is 11.0. The first-order valence-corrected chi connectivity index (χ1v) is 5.51. The molecule has 1 atom stereocenters. The minimum absolute atomic E-state index is 0.320. The summed E-state index contributed by atoms with van der Waals surface area (Å²) in [5.41, 5.74) is 0.821. The van der Waals surface area contributed by atoms with E-state index in [2.05, 4.69) is 21.2 Å². The molecule has 0 aliphatic rings. The fourth-order valence-corrected chi connectivity index (χ4v) is 1.96. The molecule has 0 aliphatic heterocycles. The van der Waals surface area contributed by atoms with Crippen LogP contribution in [-0.4, -0.2) is 27.2 Å². The molecule has 0 aliphatic carbocycles. The summed E-state index contributed by atoms with van der Waals surface area (Å²) in [6, 6.07) is 4.98. The van der Waals surface area contributed by atoms with Crippen LogP contribution >= 0.6 is 15.9 Å². The van der Waals surface area contributed by atoms with E-state index < -0.39 is 6.04 Å². The van der Waals surface area contributed by atoms with Gasteiger partial charge in [-0.15, -0.1) is 0 Å². The summed E-state index contributed by atoms with van der Waals surface area (Å²) >= 11 is 3.37. The highest BCUT2D eigenvalue weighted by Gasteiger charge is 2.19. The maximum atomic E-state index is 11.5. The molecule has 0 saturated heterocycles. The zero-order valence-electron chi connectivity index (χ0n) is 9.41. The van der Waals surface area contributed by atoms with Crippen molar-refractivity contribution in [3.63, 3.8) is 0 Å². The van der Waals surface area contributed by atoms with Crippen LogP contribution in [0.4, 0.5) is 0 Å². The fraction of sp³-hybridized carbons (Fsp3) is 0.364. The van der Waals surface area contributed by atoms with Gasteiger partial charge in [0, 0.05) is 0 Å². The van der Waals surface area contributed by atoms with E-state index in [-0.39, 0.29) is 5.97 Å². The Hall–Kier alpha value is -1.07. The van der Waals surface area contributed by atoms with Gasteiger partial charge in [-0.2, -0.15) is 0 Å². The summed E-state index contributed by atoms with van der Waals surface area (Å²) in [4.78, 5) is 11.5. The molecule has 5 heteroatoms. The minimum atomic E-state index is -0.466. The number of benzene rings is 1. The van der Waals surface area contributed by atoms with E-state index in [0.717, 1.165) is 15.8 Å². The van der Waals surface area contributed by atoms with Crippen molar-refractivity contribution in [2.24, 2.45) is 0 Å². The van der Waals surface area contributed by atoms with Crippen LogP contribution in [-0.2, 0) is 9.53 Å². The van der Waals surface area contributed by atoms with Crippen molar-refractivity contribution in [1.29, 1.82) is 0 Å². The van der Waals surface area contributed by atoms with Gasteiger partial charge >= 0.3 is 5.97 Å². The molecule has 16 heavy (non-hydrogen) atoms. The van der Waals surface area contributed by atoms with Gasteiger partial charge in [-0.25, -0.2) is 4.79 Å². The van der Waals surface area contributed by atoms with Crippen molar-refractivity contribution in [2.75, 3.05) is 21.3 Å². The Morgan fingerprint density at radius 3 is 2.56 bits per heavy atom. The summed E-state index contributed by atoms with van der Waals surface area (Å²) in [6.45, 7) is 0. The molecule has 1 unspecified atom stereocenters. The number of methoxy groups -OCH3 is 2. The number of likely N-dealkylation sites (N-methyl/N-ethyl adjacent to an activating group) is 1. The van der Waals surface area contributed by atoms with E-state index in [1.807, 2.05) is 12.1 Å². The summed E-state index contributed by atoms with van der Waals surface area (Å²) in [7, 11) is 4.67. The van der Waals surface area contributed by atoms with Crippen molar-refractivity contribution in [3.05, 3.63) is 28.2 Å². The third-order valence-corrected chi connectivity index (χ3v) is 2.85. The largest absolute Gasteiger partial charge is 0.496 e. The van der Waals surface area contributed by atoms with Crippen molar-refractivity contribution >= 4 is 21.9 Å². The second-order valence-corrected chi connectivity index (χ2v) is 3.99. The smallest absolute Gasteiger partial charge is 0.327 e. The molecule has 4 nitrogen and oxygen atoms in total. The lowest BCUT2D eigenvalue weighted by Crippen LogP contribution is -2.26. The van der Waals surface area contributed by atoms with Crippen molar-refractivity contribution in [1.82, 2.24) is 5.32 Å². The Bertz CT molecular complexity index is 381. The van der Waals surface area contributed by atoms with Gasteiger partial charge in [-0.3, -0.25) is 0 Å². The number of carbonyl (C=O) groups excluding carboxylic acids is 1. The molecule has 0 amide bonds. The Balaban J connectivity index is 3.03. The molecule has 0 fully saturated rings. The highest BCUT2D eigenvalue weighted by Crippen LogP contribution is 2.28. The molecule has 1 aromatic rings. The normalized spacial score (nSPS) is 12.0. The molecule has 0 heterocycles.